The molecule has 3 saturated heterocycles. The summed E-state index contributed by atoms with van der Waals surface area (Å²) in [7, 11) is 1.70. The van der Waals surface area contributed by atoms with E-state index in [9.17, 15) is 4.79 Å². The third-order valence-corrected chi connectivity index (χ3v) is 5.55. The van der Waals surface area contributed by atoms with E-state index >= 15 is 0 Å². The Morgan fingerprint density at radius 3 is 2.52 bits per heavy atom. The number of carbonyl (C=O) groups excluding carboxylic acids is 1. The molecule has 1 amide bonds. The zero-order chi connectivity index (χ0) is 14.7. The molecule has 3 aliphatic heterocycles. The molecule has 0 bridgehead atoms. The van der Waals surface area contributed by atoms with Crippen molar-refractivity contribution in [3.63, 3.8) is 0 Å². The maximum atomic E-state index is 12.9. The molecule has 1 unspecified atom stereocenters. The molecule has 5 heteroatoms. The minimum Gasteiger partial charge on any atom is -0.368 e. The van der Waals surface area contributed by atoms with Gasteiger partial charge < -0.3 is 15.0 Å². The highest BCUT2D eigenvalue weighted by atomic mass is 16.5. The Kier molecular flexibility index (Phi) is 4.82. The highest BCUT2D eigenvalue weighted by Gasteiger charge is 2.44. The van der Waals surface area contributed by atoms with Gasteiger partial charge in [-0.15, -0.1) is 0 Å². The summed E-state index contributed by atoms with van der Waals surface area (Å²) in [5, 5.41) is 3.32. The van der Waals surface area contributed by atoms with Crippen molar-refractivity contribution in [3.05, 3.63) is 0 Å². The van der Waals surface area contributed by atoms with E-state index in [0.717, 1.165) is 45.4 Å². The second-order valence-corrected chi connectivity index (χ2v) is 6.74. The zero-order valence-corrected chi connectivity index (χ0v) is 13.3. The van der Waals surface area contributed by atoms with Crippen molar-refractivity contribution in [1.29, 1.82) is 0 Å². The van der Waals surface area contributed by atoms with Crippen LogP contribution in [0.1, 0.15) is 38.5 Å². The molecule has 1 N–H and O–H groups in total. The predicted molar refractivity (Wildman–Crippen MR) is 82.3 cm³/mol. The maximum Gasteiger partial charge on any atom is 0.254 e. The Morgan fingerprint density at radius 2 is 1.86 bits per heavy atom. The van der Waals surface area contributed by atoms with Crippen molar-refractivity contribution >= 4 is 5.91 Å². The summed E-state index contributed by atoms with van der Waals surface area (Å²) >= 11 is 0. The molecule has 3 fully saturated rings. The smallest absolute Gasteiger partial charge is 0.254 e. The van der Waals surface area contributed by atoms with Crippen LogP contribution in [-0.2, 0) is 9.53 Å². The Morgan fingerprint density at radius 1 is 1.14 bits per heavy atom. The van der Waals surface area contributed by atoms with Crippen molar-refractivity contribution < 1.29 is 9.53 Å². The number of methoxy groups -OCH3 is 1. The van der Waals surface area contributed by atoms with E-state index in [2.05, 4.69) is 15.1 Å². The first-order chi connectivity index (χ1) is 10.2. The topological polar surface area (TPSA) is 44.8 Å². The van der Waals surface area contributed by atoms with Crippen molar-refractivity contribution in [3.8, 4) is 0 Å². The molecule has 3 rings (SSSR count). The first-order valence-electron chi connectivity index (χ1n) is 8.54. The summed E-state index contributed by atoms with van der Waals surface area (Å²) in [6.07, 6.45) is 6.73. The van der Waals surface area contributed by atoms with E-state index in [1.165, 1.54) is 32.4 Å². The van der Waals surface area contributed by atoms with Crippen LogP contribution in [0.2, 0.25) is 0 Å². The quantitative estimate of drug-likeness (QED) is 0.838. The van der Waals surface area contributed by atoms with Gasteiger partial charge in [0, 0.05) is 26.2 Å². The normalized spacial score (nSPS) is 30.5. The van der Waals surface area contributed by atoms with E-state index in [4.69, 9.17) is 4.74 Å². The van der Waals surface area contributed by atoms with E-state index < -0.39 is 5.60 Å². The summed E-state index contributed by atoms with van der Waals surface area (Å²) in [4.78, 5) is 17.6. The van der Waals surface area contributed by atoms with Gasteiger partial charge in [0.15, 0.2) is 0 Å². The van der Waals surface area contributed by atoms with Crippen molar-refractivity contribution in [2.75, 3.05) is 46.4 Å². The third kappa shape index (κ3) is 3.10. The molecule has 0 radical (unpaired) electrons. The van der Waals surface area contributed by atoms with Gasteiger partial charge in [-0.1, -0.05) is 6.42 Å². The number of nitrogens with zero attached hydrogens (tertiary/aromatic N) is 2. The molecule has 3 heterocycles. The Hall–Kier alpha value is -0.650. The molecule has 21 heavy (non-hydrogen) atoms. The fourth-order valence-corrected chi connectivity index (χ4v) is 4.13. The van der Waals surface area contributed by atoms with Crippen LogP contribution >= 0.6 is 0 Å². The van der Waals surface area contributed by atoms with Crippen LogP contribution in [0.4, 0.5) is 0 Å². The molecule has 0 saturated carbocycles. The lowest BCUT2D eigenvalue weighted by molar-refractivity contribution is -0.157. The fraction of sp³-hybridized carbons (Fsp3) is 0.938. The average molecular weight is 295 g/mol. The molecule has 0 aromatic rings. The monoisotopic (exact) mass is 295 g/mol. The average Bonchev–Trinajstić information content (AvgIpc) is 3.05. The minimum atomic E-state index is -0.567. The lowest BCUT2D eigenvalue weighted by atomic mass is 9.90. The van der Waals surface area contributed by atoms with Crippen molar-refractivity contribution in [2.45, 2.75) is 50.2 Å². The number of amides is 1. The first kappa shape index (κ1) is 15.3. The molecule has 5 nitrogen and oxygen atoms in total. The summed E-state index contributed by atoms with van der Waals surface area (Å²) < 4.78 is 5.69. The number of hydrogen-bond acceptors (Lipinski definition) is 4. The van der Waals surface area contributed by atoms with Crippen LogP contribution in [0.15, 0.2) is 0 Å². The van der Waals surface area contributed by atoms with E-state index in [1.807, 2.05) is 0 Å². The standard InChI is InChI=1S/C16H29N3O2/c1-21-16(6-8-17-9-7-16)15(20)19-12-5-14(13-19)18-10-3-2-4-11-18/h14,17H,2-13H2,1H3. The molecule has 0 aliphatic carbocycles. The number of rotatable bonds is 3. The number of ether oxygens (including phenoxy) is 1. The van der Waals surface area contributed by atoms with E-state index in [0.29, 0.717) is 6.04 Å². The SMILES string of the molecule is COC1(C(=O)N2CCC(N3CCCCC3)C2)CCNCC1. The first-order valence-corrected chi connectivity index (χ1v) is 8.54. The number of piperidine rings is 2. The highest BCUT2D eigenvalue weighted by Crippen LogP contribution is 2.28. The minimum absolute atomic E-state index is 0.228. The second kappa shape index (κ2) is 6.63. The van der Waals surface area contributed by atoms with Crippen LogP contribution in [0.5, 0.6) is 0 Å². The van der Waals surface area contributed by atoms with Gasteiger partial charge in [-0.3, -0.25) is 9.69 Å². The summed E-state index contributed by atoms with van der Waals surface area (Å²) in [6.45, 7) is 5.99. The van der Waals surface area contributed by atoms with E-state index in [1.54, 1.807) is 7.11 Å². The summed E-state index contributed by atoms with van der Waals surface area (Å²) in [6, 6.07) is 0.574. The molecular formula is C16H29N3O2. The van der Waals surface area contributed by atoms with Crippen molar-refractivity contribution in [2.24, 2.45) is 0 Å². The van der Waals surface area contributed by atoms with Crippen LogP contribution < -0.4 is 5.32 Å². The summed E-state index contributed by atoms with van der Waals surface area (Å²) in [5.74, 6) is 0.228. The highest BCUT2D eigenvalue weighted by molar-refractivity contribution is 5.85. The fourth-order valence-electron chi connectivity index (χ4n) is 4.13. The Balaban J connectivity index is 1.60. The van der Waals surface area contributed by atoms with Crippen molar-refractivity contribution in [1.82, 2.24) is 15.1 Å². The van der Waals surface area contributed by atoms with Crippen LogP contribution in [0, 0.1) is 0 Å². The van der Waals surface area contributed by atoms with Gasteiger partial charge >= 0.3 is 0 Å². The van der Waals surface area contributed by atoms with Crippen LogP contribution in [-0.4, -0.2) is 73.7 Å². The van der Waals surface area contributed by atoms with Crippen LogP contribution in [0.25, 0.3) is 0 Å². The van der Waals surface area contributed by atoms with Crippen LogP contribution in [0.3, 0.4) is 0 Å². The predicted octanol–water partition coefficient (Wildman–Crippen LogP) is 0.842. The van der Waals surface area contributed by atoms with Gasteiger partial charge in [0.1, 0.15) is 5.60 Å². The van der Waals surface area contributed by atoms with E-state index in [-0.39, 0.29) is 5.91 Å². The number of hydrogen-bond donors (Lipinski definition) is 1. The van der Waals surface area contributed by atoms with Gasteiger partial charge in [0.25, 0.3) is 5.91 Å². The van der Waals surface area contributed by atoms with Gasteiger partial charge in [0.2, 0.25) is 0 Å². The molecular weight excluding hydrogens is 266 g/mol. The molecule has 3 aliphatic rings. The zero-order valence-electron chi connectivity index (χ0n) is 13.3. The second-order valence-electron chi connectivity index (χ2n) is 6.74. The molecule has 1 atom stereocenters. The molecule has 0 spiro atoms. The van der Waals surface area contributed by atoms with Gasteiger partial charge in [-0.2, -0.15) is 0 Å². The lowest BCUT2D eigenvalue weighted by Crippen LogP contribution is -2.55. The number of nitrogens with one attached hydrogen (secondary N) is 1. The van der Waals surface area contributed by atoms with Gasteiger partial charge in [-0.05, 0) is 58.3 Å². The number of carbonyl (C=O) groups is 1. The number of likely N-dealkylation sites (tertiary alicyclic amines) is 2. The Bertz CT molecular complexity index is 363. The summed E-state index contributed by atoms with van der Waals surface area (Å²) in [5.41, 5.74) is -0.567. The maximum absolute atomic E-state index is 12.9. The molecule has 120 valence electrons. The van der Waals surface area contributed by atoms with Gasteiger partial charge in [-0.25, -0.2) is 0 Å². The lowest BCUT2D eigenvalue weighted by Gasteiger charge is -2.38. The van der Waals surface area contributed by atoms with Gasteiger partial charge in [0.05, 0.1) is 0 Å². The third-order valence-electron chi connectivity index (χ3n) is 5.55. The largest absolute Gasteiger partial charge is 0.368 e. The molecule has 0 aromatic carbocycles. The molecule has 0 aromatic heterocycles. The Labute approximate surface area is 128 Å².